The maximum atomic E-state index is 14.1. The molecule has 4 amide bonds. The van der Waals surface area contributed by atoms with Crippen molar-refractivity contribution in [1.29, 1.82) is 0 Å². The lowest BCUT2D eigenvalue weighted by Gasteiger charge is -2.35. The average Bonchev–Trinajstić information content (AvgIpc) is 2.91. The van der Waals surface area contributed by atoms with E-state index < -0.39 is 78.7 Å². The van der Waals surface area contributed by atoms with Crippen LogP contribution in [0.25, 0.3) is 0 Å². The van der Waals surface area contributed by atoms with E-state index in [-0.39, 0.29) is 17.7 Å². The van der Waals surface area contributed by atoms with Gasteiger partial charge in [0.05, 0.1) is 13.0 Å². The first kappa shape index (κ1) is 36.5. The zero-order chi connectivity index (χ0) is 33.9. The first-order valence-corrected chi connectivity index (χ1v) is 14.5. The highest BCUT2D eigenvalue weighted by molar-refractivity contribution is 5.96. The number of alkyl carbamates (subject to hydrolysis) is 1. The smallest absolute Gasteiger partial charge is 0.408 e. The molecule has 0 aliphatic rings. The molecular weight excluding hydrogens is 584 g/mol. The Morgan fingerprint density at radius 2 is 1.42 bits per heavy atom. The second-order valence-corrected chi connectivity index (χ2v) is 12.4. The minimum absolute atomic E-state index is 0.0352. The molecule has 0 heterocycles. The van der Waals surface area contributed by atoms with E-state index in [2.05, 4.69) is 10.6 Å². The molecule has 0 bridgehead atoms. The summed E-state index contributed by atoms with van der Waals surface area (Å²) in [4.78, 5) is 66.8. The van der Waals surface area contributed by atoms with E-state index >= 15 is 0 Å². The lowest BCUT2D eigenvalue weighted by molar-refractivity contribution is -0.159. The molecule has 2 aromatic rings. The summed E-state index contributed by atoms with van der Waals surface area (Å²) in [5, 5.41) is 25.7. The monoisotopic (exact) mass is 628 g/mol. The predicted molar refractivity (Wildman–Crippen MR) is 165 cm³/mol. The summed E-state index contributed by atoms with van der Waals surface area (Å²) in [5.41, 5.74) is 4.21. The summed E-state index contributed by atoms with van der Waals surface area (Å²) in [5.74, 6) is -3.93. The fourth-order valence-electron chi connectivity index (χ4n) is 4.36. The van der Waals surface area contributed by atoms with Gasteiger partial charge >= 0.3 is 12.1 Å². The van der Waals surface area contributed by atoms with Crippen LogP contribution in [0.15, 0.2) is 54.6 Å². The van der Waals surface area contributed by atoms with Crippen molar-refractivity contribution in [2.24, 2.45) is 5.73 Å². The van der Waals surface area contributed by atoms with Crippen molar-refractivity contribution in [3.8, 4) is 5.75 Å². The number of carbonyl (C=O) groups is 5. The van der Waals surface area contributed by atoms with E-state index in [0.29, 0.717) is 5.56 Å². The number of aliphatic hydroxyl groups excluding tert-OH is 1. The number of phenols is 1. The predicted octanol–water partition coefficient (Wildman–Crippen LogP) is 2.09. The van der Waals surface area contributed by atoms with Crippen LogP contribution in [0.4, 0.5) is 4.79 Å². The Bertz CT molecular complexity index is 1340. The SMILES string of the molecule is CC(C)(C)OC(=O)NC(CC(N)=O)C(=O)N(CCO)C(C(=O)NC(Cc1ccccc1)C(=O)OC(C)(C)C)c1ccccc1O. The van der Waals surface area contributed by atoms with Crippen LogP contribution in [-0.2, 0) is 35.1 Å². The number of hydrogen-bond acceptors (Lipinski definition) is 9. The van der Waals surface area contributed by atoms with E-state index in [1.54, 1.807) is 71.9 Å². The van der Waals surface area contributed by atoms with Crippen LogP contribution < -0.4 is 16.4 Å². The fraction of sp³-hybridized carbons (Fsp3) is 0.469. The number of aliphatic hydroxyl groups is 1. The first-order valence-electron chi connectivity index (χ1n) is 14.5. The van der Waals surface area contributed by atoms with E-state index in [4.69, 9.17) is 15.2 Å². The fourth-order valence-corrected chi connectivity index (χ4v) is 4.36. The van der Waals surface area contributed by atoms with Crippen molar-refractivity contribution < 1.29 is 43.7 Å². The molecular formula is C32H44N4O9. The van der Waals surface area contributed by atoms with E-state index in [9.17, 15) is 34.2 Å². The highest BCUT2D eigenvalue weighted by atomic mass is 16.6. The molecule has 0 aromatic heterocycles. The van der Waals surface area contributed by atoms with Crippen molar-refractivity contribution in [1.82, 2.24) is 15.5 Å². The van der Waals surface area contributed by atoms with Gasteiger partial charge in [0.25, 0.3) is 0 Å². The van der Waals surface area contributed by atoms with Gasteiger partial charge in [0.2, 0.25) is 17.7 Å². The third-order valence-electron chi connectivity index (χ3n) is 6.10. The van der Waals surface area contributed by atoms with Gasteiger partial charge in [-0.2, -0.15) is 0 Å². The van der Waals surface area contributed by atoms with Crippen molar-refractivity contribution in [2.45, 2.75) is 83.7 Å². The molecule has 0 saturated heterocycles. The molecule has 6 N–H and O–H groups in total. The van der Waals surface area contributed by atoms with Crippen LogP contribution in [0.5, 0.6) is 5.75 Å². The molecule has 0 fully saturated rings. The topological polar surface area (TPSA) is 198 Å². The summed E-state index contributed by atoms with van der Waals surface area (Å²) >= 11 is 0. The Hall–Kier alpha value is -4.65. The molecule has 2 rings (SSSR count). The van der Waals surface area contributed by atoms with Gasteiger partial charge in [-0.3, -0.25) is 14.4 Å². The van der Waals surface area contributed by atoms with Gasteiger partial charge in [0.15, 0.2) is 0 Å². The number of ether oxygens (including phenoxy) is 2. The standard InChI is InChI=1S/C32H44N4O9/c1-31(2,3)44-29(42)23(18-20-12-8-7-9-13-20)34-27(40)26(21-14-10-11-15-24(21)38)36(16-17-37)28(41)22(19-25(33)39)35-30(43)45-32(4,5)6/h7-15,22-23,26,37-38H,16-19H2,1-6H3,(H2,33,39)(H,34,40)(H,35,43). The second kappa shape index (κ2) is 15.9. The second-order valence-electron chi connectivity index (χ2n) is 12.4. The highest BCUT2D eigenvalue weighted by Crippen LogP contribution is 2.30. The van der Waals surface area contributed by atoms with E-state index in [0.717, 1.165) is 4.90 Å². The average molecular weight is 629 g/mol. The van der Waals surface area contributed by atoms with Gasteiger partial charge in [-0.1, -0.05) is 48.5 Å². The van der Waals surface area contributed by atoms with E-state index in [1.807, 2.05) is 0 Å². The van der Waals surface area contributed by atoms with Crippen molar-refractivity contribution >= 4 is 29.8 Å². The third kappa shape index (κ3) is 12.1. The van der Waals surface area contributed by atoms with Crippen molar-refractivity contribution in [2.75, 3.05) is 13.2 Å². The van der Waals surface area contributed by atoms with Gasteiger partial charge in [-0.25, -0.2) is 9.59 Å². The number of carbonyl (C=O) groups excluding carboxylic acids is 5. The van der Waals surface area contributed by atoms with Crippen LogP contribution in [-0.4, -0.2) is 81.3 Å². The minimum atomic E-state index is -1.64. The van der Waals surface area contributed by atoms with Crippen molar-refractivity contribution in [3.05, 3.63) is 65.7 Å². The van der Waals surface area contributed by atoms with Crippen LogP contribution in [0.2, 0.25) is 0 Å². The lowest BCUT2D eigenvalue weighted by atomic mass is 9.99. The molecule has 246 valence electrons. The Labute approximate surface area is 263 Å². The molecule has 0 aliphatic heterocycles. The number of nitrogens with one attached hydrogen (secondary N) is 2. The maximum Gasteiger partial charge on any atom is 0.408 e. The molecule has 0 spiro atoms. The summed E-state index contributed by atoms with van der Waals surface area (Å²) in [7, 11) is 0. The van der Waals surface area contributed by atoms with Gasteiger partial charge in [0.1, 0.15) is 35.1 Å². The number of primary amides is 1. The number of nitrogens with two attached hydrogens (primary N) is 1. The number of phenolic OH excluding ortho intramolecular Hbond substituents is 1. The number of aromatic hydroxyl groups is 1. The van der Waals surface area contributed by atoms with E-state index in [1.165, 1.54) is 24.3 Å². The molecule has 3 unspecified atom stereocenters. The summed E-state index contributed by atoms with van der Waals surface area (Å²) in [6.45, 7) is 8.73. The van der Waals surface area contributed by atoms with Crippen LogP contribution in [0.3, 0.4) is 0 Å². The Morgan fingerprint density at radius 3 is 1.96 bits per heavy atom. The number of rotatable bonds is 13. The molecule has 3 atom stereocenters. The summed E-state index contributed by atoms with van der Waals surface area (Å²) in [6, 6.07) is 10.1. The Morgan fingerprint density at radius 1 is 0.844 bits per heavy atom. The molecule has 0 aliphatic carbocycles. The van der Waals surface area contributed by atoms with Gasteiger partial charge in [-0.15, -0.1) is 0 Å². The number of esters is 1. The van der Waals surface area contributed by atoms with Gasteiger partial charge in [-0.05, 0) is 53.2 Å². The van der Waals surface area contributed by atoms with Gasteiger partial charge < -0.3 is 41.0 Å². The Kier molecular flexibility index (Phi) is 12.9. The molecule has 13 heteroatoms. The van der Waals surface area contributed by atoms with Crippen LogP contribution >= 0.6 is 0 Å². The van der Waals surface area contributed by atoms with Gasteiger partial charge in [0, 0.05) is 18.5 Å². The number of amides is 4. The maximum absolute atomic E-state index is 14.1. The number of nitrogens with zero attached hydrogens (tertiary/aromatic N) is 1. The van der Waals surface area contributed by atoms with Crippen LogP contribution in [0.1, 0.15) is 65.1 Å². The number of para-hydroxylation sites is 1. The number of benzene rings is 2. The largest absolute Gasteiger partial charge is 0.508 e. The molecule has 0 radical (unpaired) electrons. The summed E-state index contributed by atoms with van der Waals surface area (Å²) in [6.07, 6.45) is -1.65. The first-order chi connectivity index (χ1) is 20.9. The van der Waals surface area contributed by atoms with Crippen molar-refractivity contribution in [3.63, 3.8) is 0 Å². The third-order valence-corrected chi connectivity index (χ3v) is 6.10. The Balaban J connectivity index is 2.59. The quantitative estimate of drug-likeness (QED) is 0.206. The van der Waals surface area contributed by atoms with Crippen LogP contribution in [0, 0.1) is 0 Å². The molecule has 45 heavy (non-hydrogen) atoms. The minimum Gasteiger partial charge on any atom is -0.508 e. The number of hydrogen-bond donors (Lipinski definition) is 5. The zero-order valence-corrected chi connectivity index (χ0v) is 26.5. The summed E-state index contributed by atoms with van der Waals surface area (Å²) < 4.78 is 10.8. The lowest BCUT2D eigenvalue weighted by Crippen LogP contribution is -2.56. The highest BCUT2D eigenvalue weighted by Gasteiger charge is 2.39. The molecule has 0 saturated carbocycles. The zero-order valence-electron chi connectivity index (χ0n) is 26.5. The molecule has 13 nitrogen and oxygen atoms in total. The normalized spacial score (nSPS) is 13.5. The molecule has 2 aromatic carbocycles.